The van der Waals surface area contributed by atoms with E-state index in [9.17, 15) is 5.11 Å². The van der Waals surface area contributed by atoms with E-state index in [0.717, 1.165) is 25.6 Å². The Hall–Kier alpha value is -1.65. The van der Waals surface area contributed by atoms with Crippen molar-refractivity contribution < 1.29 is 5.11 Å². The van der Waals surface area contributed by atoms with E-state index in [1.165, 1.54) is 36.8 Å². The fourth-order valence-electron chi connectivity index (χ4n) is 3.56. The lowest BCUT2D eigenvalue weighted by Gasteiger charge is -2.33. The minimum atomic E-state index is -0.339. The van der Waals surface area contributed by atoms with E-state index < -0.39 is 0 Å². The van der Waals surface area contributed by atoms with Crippen LogP contribution in [-0.2, 0) is 13.0 Å². The lowest BCUT2D eigenvalue weighted by Crippen LogP contribution is -2.40. The van der Waals surface area contributed by atoms with Gasteiger partial charge in [0.2, 0.25) is 0 Å². The molecule has 0 amide bonds. The third kappa shape index (κ3) is 5.18. The summed E-state index contributed by atoms with van der Waals surface area (Å²) in [5, 5.41) is 14.4. The van der Waals surface area contributed by atoms with Crippen LogP contribution in [0.4, 0.5) is 0 Å². The molecule has 0 spiro atoms. The molecule has 1 aromatic heterocycles. The van der Waals surface area contributed by atoms with Gasteiger partial charge in [-0.25, -0.2) is 0 Å². The molecule has 1 fully saturated rings. The molecule has 0 bridgehead atoms. The third-order valence-electron chi connectivity index (χ3n) is 5.09. The Morgan fingerprint density at radius 3 is 2.58 bits per heavy atom. The number of aliphatic hydroxyl groups is 1. The summed E-state index contributed by atoms with van der Waals surface area (Å²) in [7, 11) is 0. The number of benzene rings is 1. The topological polar surface area (TPSA) is 41.3 Å². The Balaban J connectivity index is 1.35. The van der Waals surface area contributed by atoms with E-state index in [2.05, 4.69) is 41.2 Å². The average molecular weight is 327 g/mol. The Morgan fingerprint density at radius 2 is 1.92 bits per heavy atom. The van der Waals surface area contributed by atoms with E-state index in [1.54, 1.807) is 10.9 Å². The Morgan fingerprint density at radius 1 is 1.17 bits per heavy atom. The molecule has 1 aliphatic heterocycles. The molecule has 0 saturated carbocycles. The lowest BCUT2D eigenvalue weighted by atomic mass is 9.90. The van der Waals surface area contributed by atoms with Gasteiger partial charge in [-0.2, -0.15) is 5.10 Å². The van der Waals surface area contributed by atoms with Crippen molar-refractivity contribution in [2.45, 2.75) is 45.3 Å². The van der Waals surface area contributed by atoms with Crippen molar-refractivity contribution in [3.63, 3.8) is 0 Å². The zero-order chi connectivity index (χ0) is 16.8. The third-order valence-corrected chi connectivity index (χ3v) is 5.09. The number of hydrogen-bond donors (Lipinski definition) is 1. The highest BCUT2D eigenvalue weighted by molar-refractivity contribution is 5.21. The number of aliphatic hydroxyl groups excluding tert-OH is 1. The first-order valence-corrected chi connectivity index (χ1v) is 9.12. The fourth-order valence-corrected chi connectivity index (χ4v) is 3.56. The number of nitrogens with zero attached hydrogens (tertiary/aromatic N) is 3. The molecule has 1 unspecified atom stereocenters. The van der Waals surface area contributed by atoms with Crippen molar-refractivity contribution in [3.05, 3.63) is 53.9 Å². The van der Waals surface area contributed by atoms with Crippen molar-refractivity contribution in [1.82, 2.24) is 14.7 Å². The lowest BCUT2D eigenvalue weighted by molar-refractivity contribution is 0.0749. The van der Waals surface area contributed by atoms with E-state index >= 15 is 0 Å². The smallest absolute Gasteiger partial charge is 0.0862 e. The van der Waals surface area contributed by atoms with Crippen molar-refractivity contribution in [2.24, 2.45) is 5.92 Å². The van der Waals surface area contributed by atoms with Gasteiger partial charge >= 0.3 is 0 Å². The number of hydrogen-bond acceptors (Lipinski definition) is 3. The highest BCUT2D eigenvalue weighted by atomic mass is 16.3. The Bertz CT molecular complexity index is 586. The van der Waals surface area contributed by atoms with Crippen LogP contribution < -0.4 is 0 Å². The predicted octanol–water partition coefficient (Wildman–Crippen LogP) is 2.90. The van der Waals surface area contributed by atoms with Gasteiger partial charge in [-0.15, -0.1) is 0 Å². The minimum Gasteiger partial charge on any atom is -0.390 e. The molecule has 1 saturated heterocycles. The summed E-state index contributed by atoms with van der Waals surface area (Å²) in [5.74, 6) is 0.825. The maximum Gasteiger partial charge on any atom is 0.0862 e. The van der Waals surface area contributed by atoms with E-state index in [4.69, 9.17) is 0 Å². The molecule has 4 nitrogen and oxygen atoms in total. The molecule has 4 heteroatoms. The second kappa shape index (κ2) is 8.45. The van der Waals surface area contributed by atoms with Crippen LogP contribution in [0, 0.1) is 12.8 Å². The van der Waals surface area contributed by atoms with Gasteiger partial charge in [0.05, 0.1) is 12.6 Å². The van der Waals surface area contributed by atoms with Crippen molar-refractivity contribution in [3.8, 4) is 0 Å². The maximum atomic E-state index is 10.2. The number of likely N-dealkylation sites (tertiary alicyclic amines) is 1. The standard InChI is InChI=1S/C20H29N3O/c1-17-3-5-18(6-4-17)7-8-19-9-13-22(14-10-19)15-20(24)16-23-12-2-11-21-23/h2-6,11-12,19-20,24H,7-10,13-16H2,1H3. The molecule has 2 heterocycles. The van der Waals surface area contributed by atoms with Crippen LogP contribution in [0.25, 0.3) is 0 Å². The molecule has 1 atom stereocenters. The van der Waals surface area contributed by atoms with Gasteiger partial charge in [-0.05, 0) is 63.2 Å². The quantitative estimate of drug-likeness (QED) is 0.850. The summed E-state index contributed by atoms with van der Waals surface area (Å²) < 4.78 is 1.80. The van der Waals surface area contributed by atoms with Gasteiger partial charge in [0.25, 0.3) is 0 Å². The van der Waals surface area contributed by atoms with Crippen LogP contribution in [0.1, 0.15) is 30.4 Å². The number of rotatable bonds is 7. The first-order valence-electron chi connectivity index (χ1n) is 9.12. The fraction of sp³-hybridized carbons (Fsp3) is 0.550. The van der Waals surface area contributed by atoms with Crippen LogP contribution in [0.15, 0.2) is 42.7 Å². The summed E-state index contributed by atoms with van der Waals surface area (Å²) in [5.41, 5.74) is 2.79. The number of aryl methyl sites for hydroxylation is 2. The SMILES string of the molecule is Cc1ccc(CCC2CCN(CC(O)Cn3cccn3)CC2)cc1. The van der Waals surface area contributed by atoms with Crippen molar-refractivity contribution in [1.29, 1.82) is 0 Å². The molecule has 1 aromatic carbocycles. The summed E-state index contributed by atoms with van der Waals surface area (Å²) in [4.78, 5) is 2.40. The predicted molar refractivity (Wildman–Crippen MR) is 96.9 cm³/mol. The summed E-state index contributed by atoms with van der Waals surface area (Å²) in [6.45, 7) is 5.69. The zero-order valence-corrected chi connectivity index (χ0v) is 14.6. The van der Waals surface area contributed by atoms with Crippen LogP contribution in [0.3, 0.4) is 0 Å². The van der Waals surface area contributed by atoms with Crippen molar-refractivity contribution >= 4 is 0 Å². The molecule has 0 radical (unpaired) electrons. The molecule has 1 N–H and O–H groups in total. The van der Waals surface area contributed by atoms with Gasteiger partial charge in [0.1, 0.15) is 0 Å². The van der Waals surface area contributed by atoms with Crippen LogP contribution >= 0.6 is 0 Å². The van der Waals surface area contributed by atoms with Gasteiger partial charge in [-0.1, -0.05) is 29.8 Å². The number of β-amino-alcohol motifs (C(OH)–C–C–N with tert-alkyl or cyclic N) is 1. The van der Waals surface area contributed by atoms with Crippen molar-refractivity contribution in [2.75, 3.05) is 19.6 Å². The minimum absolute atomic E-state index is 0.339. The number of aromatic nitrogens is 2. The second-order valence-electron chi connectivity index (χ2n) is 7.15. The largest absolute Gasteiger partial charge is 0.390 e. The highest BCUT2D eigenvalue weighted by Crippen LogP contribution is 2.22. The van der Waals surface area contributed by atoms with Gasteiger partial charge in [-0.3, -0.25) is 4.68 Å². The monoisotopic (exact) mass is 327 g/mol. The van der Waals surface area contributed by atoms with Gasteiger partial charge < -0.3 is 10.0 Å². The Kier molecular flexibility index (Phi) is 6.05. The van der Waals surface area contributed by atoms with Crippen LogP contribution in [0.2, 0.25) is 0 Å². The summed E-state index contributed by atoms with van der Waals surface area (Å²) >= 11 is 0. The van der Waals surface area contributed by atoms with E-state index in [-0.39, 0.29) is 6.10 Å². The van der Waals surface area contributed by atoms with Gasteiger partial charge in [0.15, 0.2) is 0 Å². The molecule has 2 aromatic rings. The molecular weight excluding hydrogens is 298 g/mol. The normalized spacial score (nSPS) is 17.9. The molecule has 3 rings (SSSR count). The average Bonchev–Trinajstić information content (AvgIpc) is 3.08. The van der Waals surface area contributed by atoms with Crippen LogP contribution in [0.5, 0.6) is 0 Å². The zero-order valence-electron chi connectivity index (χ0n) is 14.6. The molecule has 1 aliphatic rings. The van der Waals surface area contributed by atoms with E-state index in [1.807, 2.05) is 12.3 Å². The first kappa shape index (κ1) is 17.2. The highest BCUT2D eigenvalue weighted by Gasteiger charge is 2.21. The maximum absolute atomic E-state index is 10.2. The Labute approximate surface area is 145 Å². The summed E-state index contributed by atoms with van der Waals surface area (Å²) in [6, 6.07) is 10.8. The molecular formula is C20H29N3O. The number of piperidine rings is 1. The first-order chi connectivity index (χ1) is 11.7. The summed E-state index contributed by atoms with van der Waals surface area (Å²) in [6.07, 6.45) is 8.29. The second-order valence-corrected chi connectivity index (χ2v) is 7.15. The molecule has 130 valence electrons. The molecule has 0 aliphatic carbocycles. The van der Waals surface area contributed by atoms with Gasteiger partial charge in [0, 0.05) is 18.9 Å². The van der Waals surface area contributed by atoms with Crippen LogP contribution in [-0.4, -0.2) is 45.5 Å². The molecule has 24 heavy (non-hydrogen) atoms. The van der Waals surface area contributed by atoms with E-state index in [0.29, 0.717) is 6.54 Å².